The molecule has 0 heterocycles. The van der Waals surface area contributed by atoms with Crippen LogP contribution in [0.15, 0.2) is 0 Å². The summed E-state index contributed by atoms with van der Waals surface area (Å²) in [6.45, 7) is 6.83. The third-order valence-electron chi connectivity index (χ3n) is 5.07. The van der Waals surface area contributed by atoms with Gasteiger partial charge in [0, 0.05) is 5.92 Å². The third-order valence-corrected chi connectivity index (χ3v) is 5.33. The highest BCUT2D eigenvalue weighted by atomic mass is 35.5. The molecule has 0 aliphatic heterocycles. The molecule has 0 aromatic heterocycles. The molecule has 2 saturated carbocycles. The van der Waals surface area contributed by atoms with E-state index in [1.165, 1.54) is 12.8 Å². The van der Waals surface area contributed by atoms with Gasteiger partial charge in [0.25, 0.3) is 0 Å². The van der Waals surface area contributed by atoms with Gasteiger partial charge in [0.05, 0.1) is 0 Å². The topological polar surface area (TPSA) is 17.1 Å². The number of hydrogen-bond acceptors (Lipinski definition) is 1. The van der Waals surface area contributed by atoms with Crippen molar-refractivity contribution in [1.29, 1.82) is 0 Å². The predicted molar refractivity (Wildman–Crippen MR) is 53.6 cm³/mol. The molecule has 0 amide bonds. The zero-order valence-corrected chi connectivity index (χ0v) is 9.32. The van der Waals surface area contributed by atoms with Crippen LogP contribution in [-0.2, 0) is 4.79 Å². The molecular weight excluding hydrogens is 184 g/mol. The molecule has 1 unspecified atom stereocenters. The number of hydrogen-bond donors (Lipinski definition) is 0. The van der Waals surface area contributed by atoms with E-state index >= 15 is 0 Å². The lowest BCUT2D eigenvalue weighted by Crippen LogP contribution is -2.34. The smallest absolute Gasteiger partial charge is 0.225 e. The van der Waals surface area contributed by atoms with Gasteiger partial charge in [-0.2, -0.15) is 0 Å². The van der Waals surface area contributed by atoms with E-state index in [2.05, 4.69) is 20.8 Å². The normalized spacial score (nSPS) is 46.8. The molecule has 74 valence electrons. The number of halogens is 1. The fraction of sp³-hybridized carbons (Fsp3) is 0.909. The van der Waals surface area contributed by atoms with E-state index in [4.69, 9.17) is 11.6 Å². The Kier molecular flexibility index (Phi) is 1.83. The van der Waals surface area contributed by atoms with Crippen LogP contribution in [0.2, 0.25) is 0 Å². The second kappa shape index (κ2) is 2.50. The van der Waals surface area contributed by atoms with E-state index in [9.17, 15) is 4.79 Å². The minimum atomic E-state index is -0.113. The number of carbonyl (C=O) groups is 1. The first-order valence-electron chi connectivity index (χ1n) is 5.09. The van der Waals surface area contributed by atoms with Crippen LogP contribution in [0.25, 0.3) is 0 Å². The molecule has 2 aliphatic carbocycles. The van der Waals surface area contributed by atoms with Crippen molar-refractivity contribution in [2.45, 2.75) is 40.0 Å². The molecule has 2 rings (SSSR count). The average molecular weight is 201 g/mol. The molecular formula is C11H17ClO. The zero-order chi connectivity index (χ0) is 9.85. The Morgan fingerprint density at radius 2 is 2.00 bits per heavy atom. The van der Waals surface area contributed by atoms with Gasteiger partial charge in [-0.25, -0.2) is 0 Å². The lowest BCUT2D eigenvalue weighted by atomic mass is 9.67. The Balaban J connectivity index is 2.38. The Morgan fingerprint density at radius 1 is 1.38 bits per heavy atom. The van der Waals surface area contributed by atoms with Crippen molar-refractivity contribution in [1.82, 2.24) is 0 Å². The van der Waals surface area contributed by atoms with Crippen LogP contribution in [0.3, 0.4) is 0 Å². The van der Waals surface area contributed by atoms with Crippen molar-refractivity contribution in [3.63, 3.8) is 0 Å². The number of rotatable bonds is 1. The zero-order valence-electron chi connectivity index (χ0n) is 8.56. The molecule has 0 saturated heterocycles. The standard InChI is InChI=1S/C11H17ClO/c1-10(2)7-4-5-11(10,3)8(6-7)9(12)13/h7-8H,4-6H2,1-3H3/t7-,8?,11+/m1/s1. The molecule has 2 heteroatoms. The Bertz CT molecular complexity index is 259. The van der Waals surface area contributed by atoms with Crippen LogP contribution in [0.5, 0.6) is 0 Å². The summed E-state index contributed by atoms with van der Waals surface area (Å²) in [5.74, 6) is 0.827. The van der Waals surface area contributed by atoms with E-state index < -0.39 is 0 Å². The van der Waals surface area contributed by atoms with Gasteiger partial charge in [-0.05, 0) is 47.6 Å². The van der Waals surface area contributed by atoms with Crippen LogP contribution in [0.4, 0.5) is 0 Å². The van der Waals surface area contributed by atoms with Crippen molar-refractivity contribution < 1.29 is 4.79 Å². The summed E-state index contributed by atoms with van der Waals surface area (Å²) in [6.07, 6.45) is 3.48. The predicted octanol–water partition coefficient (Wildman–Crippen LogP) is 3.21. The first kappa shape index (κ1) is 9.51. The molecule has 0 aromatic rings. The van der Waals surface area contributed by atoms with Gasteiger partial charge in [-0.1, -0.05) is 20.8 Å². The molecule has 2 bridgehead atoms. The molecule has 3 atom stereocenters. The second-order valence-corrected chi connectivity index (χ2v) is 5.84. The van der Waals surface area contributed by atoms with Crippen molar-refractivity contribution in [3.05, 3.63) is 0 Å². The van der Waals surface area contributed by atoms with Crippen molar-refractivity contribution >= 4 is 16.8 Å². The summed E-state index contributed by atoms with van der Waals surface area (Å²) in [7, 11) is 0. The lowest BCUT2D eigenvalue weighted by Gasteiger charge is -2.37. The van der Waals surface area contributed by atoms with Gasteiger partial charge in [0.1, 0.15) is 0 Å². The minimum Gasteiger partial charge on any atom is -0.281 e. The molecule has 0 N–H and O–H groups in total. The molecule has 0 aromatic carbocycles. The van der Waals surface area contributed by atoms with E-state index in [0.29, 0.717) is 11.3 Å². The maximum Gasteiger partial charge on any atom is 0.225 e. The maximum absolute atomic E-state index is 11.3. The SMILES string of the molecule is CC1(C)[C@@H]2CC[C@@]1(C)C(C(=O)Cl)C2. The van der Waals surface area contributed by atoms with E-state index in [0.717, 1.165) is 6.42 Å². The molecule has 2 fully saturated rings. The largest absolute Gasteiger partial charge is 0.281 e. The highest BCUT2D eigenvalue weighted by Gasteiger charge is 2.62. The molecule has 2 aliphatic rings. The van der Waals surface area contributed by atoms with Gasteiger partial charge >= 0.3 is 0 Å². The molecule has 1 nitrogen and oxygen atoms in total. The van der Waals surface area contributed by atoms with Gasteiger partial charge in [-0.3, -0.25) is 4.79 Å². The van der Waals surface area contributed by atoms with Crippen LogP contribution < -0.4 is 0 Å². The average Bonchev–Trinajstić information content (AvgIpc) is 2.34. The first-order valence-corrected chi connectivity index (χ1v) is 5.47. The summed E-state index contributed by atoms with van der Waals surface area (Å²) in [6, 6.07) is 0. The highest BCUT2D eigenvalue weighted by molar-refractivity contribution is 6.64. The molecule has 0 radical (unpaired) electrons. The van der Waals surface area contributed by atoms with E-state index in [1.807, 2.05) is 0 Å². The third kappa shape index (κ3) is 0.971. The summed E-state index contributed by atoms with van der Waals surface area (Å²) >= 11 is 5.66. The van der Waals surface area contributed by atoms with E-state index in [1.54, 1.807) is 0 Å². The minimum absolute atomic E-state index is 0.113. The Labute approximate surface area is 84.8 Å². The van der Waals surface area contributed by atoms with Crippen molar-refractivity contribution in [3.8, 4) is 0 Å². The van der Waals surface area contributed by atoms with Gasteiger partial charge in [0.15, 0.2) is 0 Å². The van der Waals surface area contributed by atoms with Crippen LogP contribution in [0.1, 0.15) is 40.0 Å². The fourth-order valence-electron chi connectivity index (χ4n) is 3.55. The summed E-state index contributed by atoms with van der Waals surface area (Å²) in [5.41, 5.74) is 0.471. The van der Waals surface area contributed by atoms with Gasteiger partial charge < -0.3 is 0 Å². The van der Waals surface area contributed by atoms with E-state index in [-0.39, 0.29) is 16.6 Å². The van der Waals surface area contributed by atoms with Crippen molar-refractivity contribution in [2.24, 2.45) is 22.7 Å². The monoisotopic (exact) mass is 200 g/mol. The number of carbonyl (C=O) groups excluding carboxylic acids is 1. The maximum atomic E-state index is 11.3. The van der Waals surface area contributed by atoms with Crippen LogP contribution in [-0.4, -0.2) is 5.24 Å². The van der Waals surface area contributed by atoms with Crippen LogP contribution >= 0.6 is 11.6 Å². The summed E-state index contributed by atoms with van der Waals surface area (Å²) in [4.78, 5) is 11.3. The first-order chi connectivity index (χ1) is 5.89. The Hall–Kier alpha value is -0.0400. The van der Waals surface area contributed by atoms with Crippen LogP contribution in [0, 0.1) is 22.7 Å². The quantitative estimate of drug-likeness (QED) is 0.594. The highest BCUT2D eigenvalue weighted by Crippen LogP contribution is 2.68. The summed E-state index contributed by atoms with van der Waals surface area (Å²) < 4.78 is 0. The summed E-state index contributed by atoms with van der Waals surface area (Å²) in [5, 5.41) is -0.113. The van der Waals surface area contributed by atoms with Crippen molar-refractivity contribution in [2.75, 3.05) is 0 Å². The molecule has 13 heavy (non-hydrogen) atoms. The molecule has 0 spiro atoms. The lowest BCUT2D eigenvalue weighted by molar-refractivity contribution is -0.119. The fourth-order valence-corrected chi connectivity index (χ4v) is 3.88. The second-order valence-electron chi connectivity index (χ2n) is 5.47. The van der Waals surface area contributed by atoms with Gasteiger partial charge in [0.2, 0.25) is 5.24 Å². The Morgan fingerprint density at radius 3 is 2.23 bits per heavy atom. The number of fused-ring (bicyclic) bond motifs is 2. The van der Waals surface area contributed by atoms with Gasteiger partial charge in [-0.15, -0.1) is 0 Å².